The fourth-order valence-electron chi connectivity index (χ4n) is 1.07. The third kappa shape index (κ3) is 2.76. The summed E-state index contributed by atoms with van der Waals surface area (Å²) < 4.78 is 0. The summed E-state index contributed by atoms with van der Waals surface area (Å²) >= 11 is 0. The Morgan fingerprint density at radius 2 is 1.92 bits per heavy atom. The van der Waals surface area contributed by atoms with Crippen LogP contribution >= 0.6 is 0 Å². The number of hydrazone groups is 1. The molecule has 0 aliphatic heterocycles. The molecule has 0 saturated carbocycles. The second kappa shape index (κ2) is 4.47. The summed E-state index contributed by atoms with van der Waals surface area (Å²) in [6, 6.07) is 9.55. The monoisotopic (exact) mass is 178 g/mol. The van der Waals surface area contributed by atoms with Gasteiger partial charge in [-0.2, -0.15) is 5.10 Å². The smallest absolute Gasteiger partial charge is 0.136 e. The molecule has 0 saturated heterocycles. The second-order valence-electron chi connectivity index (χ2n) is 2.85. The van der Waals surface area contributed by atoms with Crippen LogP contribution in [-0.2, 0) is 6.42 Å². The van der Waals surface area contributed by atoms with Gasteiger partial charge in [0.05, 0.1) is 6.04 Å². The van der Waals surface area contributed by atoms with Gasteiger partial charge in [-0.05, 0) is 12.0 Å². The van der Waals surface area contributed by atoms with Crippen molar-refractivity contribution in [3.8, 4) is 0 Å². The molecule has 1 aromatic rings. The van der Waals surface area contributed by atoms with Crippen molar-refractivity contribution in [2.24, 2.45) is 22.4 Å². The van der Waals surface area contributed by atoms with Crippen molar-refractivity contribution < 1.29 is 0 Å². The Bertz CT molecular complexity index is 281. The van der Waals surface area contributed by atoms with Crippen molar-refractivity contribution in [2.45, 2.75) is 12.5 Å². The van der Waals surface area contributed by atoms with Crippen LogP contribution in [0.25, 0.3) is 0 Å². The second-order valence-corrected chi connectivity index (χ2v) is 2.85. The zero-order chi connectivity index (χ0) is 9.68. The molecule has 0 amide bonds. The molecule has 0 fully saturated rings. The first-order valence-electron chi connectivity index (χ1n) is 4.06. The molecule has 13 heavy (non-hydrogen) atoms. The van der Waals surface area contributed by atoms with E-state index in [0.717, 1.165) is 5.56 Å². The first kappa shape index (κ1) is 9.54. The van der Waals surface area contributed by atoms with Crippen molar-refractivity contribution in [2.75, 3.05) is 0 Å². The molecule has 0 aliphatic carbocycles. The van der Waals surface area contributed by atoms with Crippen LogP contribution in [-0.4, -0.2) is 11.9 Å². The van der Waals surface area contributed by atoms with Gasteiger partial charge in [0, 0.05) is 0 Å². The average Bonchev–Trinajstić information content (AvgIpc) is 2.18. The molecule has 1 atom stereocenters. The highest BCUT2D eigenvalue weighted by molar-refractivity contribution is 5.85. The first-order valence-corrected chi connectivity index (χ1v) is 4.06. The Hall–Kier alpha value is -1.55. The Morgan fingerprint density at radius 1 is 1.31 bits per heavy atom. The summed E-state index contributed by atoms with van der Waals surface area (Å²) in [7, 11) is 0. The van der Waals surface area contributed by atoms with E-state index < -0.39 is 0 Å². The molecule has 0 bridgehead atoms. The average molecular weight is 178 g/mol. The Kier molecular flexibility index (Phi) is 3.28. The third-order valence-electron chi connectivity index (χ3n) is 1.83. The lowest BCUT2D eigenvalue weighted by atomic mass is 10.1. The van der Waals surface area contributed by atoms with Gasteiger partial charge in [0.1, 0.15) is 5.84 Å². The molecule has 4 heteroatoms. The highest BCUT2D eigenvalue weighted by Crippen LogP contribution is 2.01. The van der Waals surface area contributed by atoms with E-state index in [2.05, 4.69) is 5.10 Å². The lowest BCUT2D eigenvalue weighted by Crippen LogP contribution is -2.39. The highest BCUT2D eigenvalue weighted by Gasteiger charge is 2.07. The molecule has 4 nitrogen and oxygen atoms in total. The molecule has 0 unspecified atom stereocenters. The Balaban J connectivity index is 2.60. The number of benzene rings is 1. The predicted molar refractivity (Wildman–Crippen MR) is 53.9 cm³/mol. The third-order valence-corrected chi connectivity index (χ3v) is 1.83. The van der Waals surface area contributed by atoms with Crippen LogP contribution in [0.15, 0.2) is 35.4 Å². The first-order chi connectivity index (χ1) is 6.24. The Labute approximate surface area is 77.4 Å². The van der Waals surface area contributed by atoms with Crippen LogP contribution in [0.5, 0.6) is 0 Å². The quantitative estimate of drug-likeness (QED) is 0.259. The fourth-order valence-corrected chi connectivity index (χ4v) is 1.07. The highest BCUT2D eigenvalue weighted by atomic mass is 15.2. The molecule has 0 radical (unpaired) electrons. The molecular weight excluding hydrogens is 164 g/mol. The molecule has 0 heterocycles. The van der Waals surface area contributed by atoms with Crippen LogP contribution < -0.4 is 17.3 Å². The van der Waals surface area contributed by atoms with Gasteiger partial charge >= 0.3 is 0 Å². The van der Waals surface area contributed by atoms with Crippen LogP contribution in [0.4, 0.5) is 0 Å². The molecular formula is C9H14N4. The molecule has 0 aromatic heterocycles. The topological polar surface area (TPSA) is 90.4 Å². The van der Waals surface area contributed by atoms with Crippen molar-refractivity contribution in [3.05, 3.63) is 35.9 Å². The number of hydrogen-bond donors (Lipinski definition) is 3. The number of amidine groups is 1. The minimum atomic E-state index is -0.299. The van der Waals surface area contributed by atoms with Crippen molar-refractivity contribution in [1.29, 1.82) is 0 Å². The van der Waals surface area contributed by atoms with Crippen LogP contribution in [0.1, 0.15) is 5.56 Å². The summed E-state index contributed by atoms with van der Waals surface area (Å²) in [6.45, 7) is 0. The van der Waals surface area contributed by atoms with E-state index in [1.54, 1.807) is 0 Å². The van der Waals surface area contributed by atoms with Gasteiger partial charge in [0.25, 0.3) is 0 Å². The molecule has 0 spiro atoms. The van der Waals surface area contributed by atoms with Crippen molar-refractivity contribution in [1.82, 2.24) is 0 Å². The van der Waals surface area contributed by atoms with E-state index in [1.165, 1.54) is 0 Å². The summed E-state index contributed by atoms with van der Waals surface area (Å²) in [4.78, 5) is 0. The van der Waals surface area contributed by atoms with Crippen molar-refractivity contribution in [3.63, 3.8) is 0 Å². The van der Waals surface area contributed by atoms with Crippen molar-refractivity contribution >= 4 is 5.84 Å². The van der Waals surface area contributed by atoms with E-state index in [9.17, 15) is 0 Å². The van der Waals surface area contributed by atoms with E-state index in [0.29, 0.717) is 6.42 Å². The molecule has 1 rings (SSSR count). The predicted octanol–water partition coefficient (Wildman–Crippen LogP) is -0.213. The molecule has 6 N–H and O–H groups in total. The van der Waals surface area contributed by atoms with Gasteiger partial charge in [-0.3, -0.25) is 0 Å². The summed E-state index contributed by atoms with van der Waals surface area (Å²) in [6.07, 6.45) is 0.660. The minimum absolute atomic E-state index is 0.281. The normalized spacial score (nSPS) is 14.1. The standard InChI is InChI=1S/C9H14N4/c10-8(9(11)13-12)6-7-4-2-1-3-5-7/h1-5,8H,6,10,12H2,(H2,11,13)/t8-/m0/s1. The number of rotatable bonds is 3. The lowest BCUT2D eigenvalue weighted by molar-refractivity contribution is 0.834. The van der Waals surface area contributed by atoms with Crippen LogP contribution in [0.3, 0.4) is 0 Å². The summed E-state index contributed by atoms with van der Waals surface area (Å²) in [5, 5.41) is 3.35. The Morgan fingerprint density at radius 3 is 2.46 bits per heavy atom. The zero-order valence-electron chi connectivity index (χ0n) is 7.35. The van der Waals surface area contributed by atoms with Gasteiger partial charge in [-0.15, -0.1) is 0 Å². The van der Waals surface area contributed by atoms with E-state index in [1.807, 2.05) is 30.3 Å². The summed E-state index contributed by atoms with van der Waals surface area (Å²) in [5.74, 6) is 5.29. The number of hydrogen-bond acceptors (Lipinski definition) is 3. The SMILES string of the molecule is N/N=C(\N)[C@@H](N)Cc1ccccc1. The van der Waals surface area contributed by atoms with Crippen LogP contribution in [0, 0.1) is 0 Å². The van der Waals surface area contributed by atoms with Gasteiger partial charge < -0.3 is 17.3 Å². The zero-order valence-corrected chi connectivity index (χ0v) is 7.35. The maximum atomic E-state index is 5.72. The van der Waals surface area contributed by atoms with E-state index in [-0.39, 0.29) is 11.9 Å². The lowest BCUT2D eigenvalue weighted by Gasteiger charge is -2.09. The van der Waals surface area contributed by atoms with Gasteiger partial charge in [0.15, 0.2) is 0 Å². The van der Waals surface area contributed by atoms with Gasteiger partial charge in [-0.1, -0.05) is 30.3 Å². The van der Waals surface area contributed by atoms with Crippen LogP contribution in [0.2, 0.25) is 0 Å². The molecule has 0 aliphatic rings. The van der Waals surface area contributed by atoms with E-state index >= 15 is 0 Å². The largest absolute Gasteiger partial charge is 0.384 e. The fraction of sp³-hybridized carbons (Fsp3) is 0.222. The van der Waals surface area contributed by atoms with E-state index in [4.69, 9.17) is 17.3 Å². The maximum absolute atomic E-state index is 5.72. The number of nitrogens with zero attached hydrogens (tertiary/aromatic N) is 1. The number of nitrogens with two attached hydrogens (primary N) is 3. The minimum Gasteiger partial charge on any atom is -0.384 e. The molecule has 70 valence electrons. The maximum Gasteiger partial charge on any atom is 0.136 e. The van der Waals surface area contributed by atoms with Gasteiger partial charge in [0.2, 0.25) is 0 Å². The van der Waals surface area contributed by atoms with Gasteiger partial charge in [-0.25, -0.2) is 0 Å². The summed E-state index contributed by atoms with van der Waals surface area (Å²) in [5.41, 5.74) is 12.3. The molecule has 1 aromatic carbocycles.